The smallest absolute Gasteiger partial charge is 0.321 e. The minimum atomic E-state index is -4.30. The molecule has 0 atom stereocenters. The van der Waals surface area contributed by atoms with Gasteiger partial charge in [0.15, 0.2) is 12.4 Å². The lowest BCUT2D eigenvalue weighted by Gasteiger charge is -2.10. The lowest BCUT2D eigenvalue weighted by molar-refractivity contribution is -0.384. The molecule has 3 rings (SSSR count). The predicted octanol–water partition coefficient (Wildman–Crippen LogP) is 1.56. The van der Waals surface area contributed by atoms with Gasteiger partial charge in [-0.25, -0.2) is 8.42 Å². The van der Waals surface area contributed by atoms with Crippen molar-refractivity contribution in [2.24, 2.45) is 0 Å². The number of sulfonamides is 1. The number of benzene rings is 1. The van der Waals surface area contributed by atoms with E-state index in [-0.39, 0.29) is 18.1 Å². The molecule has 0 unspecified atom stereocenters. The molecule has 3 N–H and O–H groups in total. The summed E-state index contributed by atoms with van der Waals surface area (Å²) in [6.07, 6.45) is 1.45. The Morgan fingerprint density at radius 2 is 2.03 bits per heavy atom. The van der Waals surface area contributed by atoms with Gasteiger partial charge in [-0.05, 0) is 31.2 Å². The summed E-state index contributed by atoms with van der Waals surface area (Å²) in [5.41, 5.74) is -0.412. The van der Waals surface area contributed by atoms with Crippen molar-refractivity contribution in [2.75, 3.05) is 23.8 Å². The molecule has 2 heterocycles. The van der Waals surface area contributed by atoms with Crippen LogP contribution in [0.4, 0.5) is 17.2 Å². The van der Waals surface area contributed by atoms with Crippen LogP contribution in [0.15, 0.2) is 56.5 Å². The first-order valence-corrected chi connectivity index (χ1v) is 11.1. The van der Waals surface area contributed by atoms with Crippen LogP contribution in [0, 0.1) is 17.0 Å². The van der Waals surface area contributed by atoms with Crippen molar-refractivity contribution in [3.05, 3.63) is 64.3 Å². The highest BCUT2D eigenvalue weighted by Gasteiger charge is 2.22. The summed E-state index contributed by atoms with van der Waals surface area (Å²) in [4.78, 5) is 33.8. The Kier molecular flexibility index (Phi) is 7.60. The Balaban J connectivity index is 1.55. The molecule has 0 aliphatic carbocycles. The van der Waals surface area contributed by atoms with Crippen LogP contribution in [0.1, 0.15) is 11.5 Å². The van der Waals surface area contributed by atoms with Gasteiger partial charge in [0, 0.05) is 12.1 Å². The lowest BCUT2D eigenvalue weighted by Crippen LogP contribution is -2.32. The Bertz CT molecular complexity index is 1290. The molecule has 15 heteroatoms. The molecule has 0 saturated heterocycles. The van der Waals surface area contributed by atoms with Gasteiger partial charge in [-0.1, -0.05) is 5.16 Å². The SMILES string of the molecule is Cc1cc(NC(=O)COC(=O)CNS(=O)(=O)c2ccc(NCc3ccco3)c([N+](=O)[O-])c2)no1. The molecule has 0 saturated carbocycles. The average molecular weight is 493 g/mol. The van der Waals surface area contributed by atoms with Crippen molar-refractivity contribution in [3.8, 4) is 0 Å². The number of rotatable bonds is 11. The van der Waals surface area contributed by atoms with E-state index >= 15 is 0 Å². The number of nitrogens with zero attached hydrogens (tertiary/aromatic N) is 2. The van der Waals surface area contributed by atoms with E-state index in [1.807, 2.05) is 4.72 Å². The lowest BCUT2D eigenvalue weighted by atomic mass is 10.2. The number of esters is 1. The molecule has 0 spiro atoms. The minimum absolute atomic E-state index is 0.0769. The van der Waals surface area contributed by atoms with Crippen molar-refractivity contribution in [1.29, 1.82) is 0 Å². The highest BCUT2D eigenvalue weighted by atomic mass is 32.2. The van der Waals surface area contributed by atoms with Crippen LogP contribution in [0.25, 0.3) is 0 Å². The number of aromatic nitrogens is 1. The van der Waals surface area contributed by atoms with Crippen molar-refractivity contribution >= 4 is 39.1 Å². The second-order valence-electron chi connectivity index (χ2n) is 6.73. The third kappa shape index (κ3) is 6.63. The monoisotopic (exact) mass is 493 g/mol. The van der Waals surface area contributed by atoms with E-state index in [9.17, 15) is 28.1 Å². The highest BCUT2D eigenvalue weighted by Crippen LogP contribution is 2.28. The van der Waals surface area contributed by atoms with E-state index in [1.54, 1.807) is 19.1 Å². The zero-order valence-electron chi connectivity index (χ0n) is 17.6. The van der Waals surface area contributed by atoms with Crippen molar-refractivity contribution in [3.63, 3.8) is 0 Å². The first kappa shape index (κ1) is 24.4. The third-order valence-corrected chi connectivity index (χ3v) is 5.57. The molecule has 0 aliphatic heterocycles. The molecule has 0 bridgehead atoms. The normalized spacial score (nSPS) is 11.1. The zero-order valence-corrected chi connectivity index (χ0v) is 18.5. The molecule has 0 fully saturated rings. The topological polar surface area (TPSA) is 196 Å². The number of ether oxygens (including phenoxy) is 1. The maximum atomic E-state index is 12.5. The standard InChI is InChI=1S/C19H19N5O9S/c1-12-7-17(23-33-12)22-18(25)11-32-19(26)10-21-34(29,30)14-4-5-15(16(8-14)24(27)28)20-9-13-3-2-6-31-13/h2-8,20-21H,9-11H2,1H3,(H,22,23,25). The fourth-order valence-corrected chi connectivity index (χ4v) is 3.60. The van der Waals surface area contributed by atoms with Crippen molar-refractivity contribution in [2.45, 2.75) is 18.4 Å². The first-order chi connectivity index (χ1) is 16.1. The van der Waals surface area contributed by atoms with E-state index in [0.717, 1.165) is 12.1 Å². The van der Waals surface area contributed by atoms with E-state index in [1.165, 1.54) is 18.4 Å². The van der Waals surface area contributed by atoms with E-state index in [2.05, 4.69) is 15.8 Å². The van der Waals surface area contributed by atoms with Crippen LogP contribution in [0.5, 0.6) is 0 Å². The summed E-state index contributed by atoms with van der Waals surface area (Å²) in [7, 11) is -4.30. The fourth-order valence-electron chi connectivity index (χ4n) is 2.61. The molecule has 2 aromatic heterocycles. The number of hydrogen-bond donors (Lipinski definition) is 3. The molecular formula is C19H19N5O9S. The van der Waals surface area contributed by atoms with Gasteiger partial charge in [0.1, 0.15) is 23.8 Å². The molecule has 1 amide bonds. The Morgan fingerprint density at radius 3 is 2.68 bits per heavy atom. The predicted molar refractivity (Wildman–Crippen MR) is 115 cm³/mol. The molecule has 34 heavy (non-hydrogen) atoms. The number of nitro groups is 1. The number of amides is 1. The van der Waals surface area contributed by atoms with Gasteiger partial charge in [0.05, 0.1) is 22.6 Å². The molecule has 180 valence electrons. The number of carbonyl (C=O) groups is 2. The molecule has 0 aliphatic rings. The zero-order chi connectivity index (χ0) is 24.7. The maximum absolute atomic E-state index is 12.5. The number of aryl methyl sites for hydroxylation is 1. The minimum Gasteiger partial charge on any atom is -0.467 e. The maximum Gasteiger partial charge on any atom is 0.321 e. The van der Waals surface area contributed by atoms with Crippen molar-refractivity contribution in [1.82, 2.24) is 9.88 Å². The van der Waals surface area contributed by atoms with Crippen LogP contribution in [0.3, 0.4) is 0 Å². The number of hydrogen-bond acceptors (Lipinski definition) is 11. The number of nitrogens with one attached hydrogen (secondary N) is 3. The van der Waals surface area contributed by atoms with Gasteiger partial charge >= 0.3 is 5.97 Å². The Morgan fingerprint density at radius 1 is 1.24 bits per heavy atom. The van der Waals surface area contributed by atoms with E-state index < -0.39 is 50.6 Å². The van der Waals surface area contributed by atoms with Gasteiger partial charge in [0.2, 0.25) is 10.0 Å². The Labute approximate surface area is 192 Å². The van der Waals surface area contributed by atoms with Gasteiger partial charge in [-0.2, -0.15) is 4.72 Å². The van der Waals surface area contributed by atoms with Crippen LogP contribution in [-0.2, 0) is 30.9 Å². The number of nitro benzene ring substituents is 1. The summed E-state index contributed by atoms with van der Waals surface area (Å²) in [6, 6.07) is 7.99. The molecule has 0 radical (unpaired) electrons. The van der Waals surface area contributed by atoms with Crippen LogP contribution >= 0.6 is 0 Å². The first-order valence-electron chi connectivity index (χ1n) is 9.57. The summed E-state index contributed by atoms with van der Waals surface area (Å²) in [5.74, 6) is -0.638. The second-order valence-corrected chi connectivity index (χ2v) is 8.49. The van der Waals surface area contributed by atoms with E-state index in [0.29, 0.717) is 11.5 Å². The van der Waals surface area contributed by atoms with Crippen molar-refractivity contribution < 1.29 is 36.6 Å². The van der Waals surface area contributed by atoms with Gasteiger partial charge < -0.3 is 24.3 Å². The molecule has 1 aromatic carbocycles. The number of furan rings is 1. The molecule has 14 nitrogen and oxygen atoms in total. The van der Waals surface area contributed by atoms with Crippen LogP contribution in [0.2, 0.25) is 0 Å². The van der Waals surface area contributed by atoms with Gasteiger partial charge in [0.25, 0.3) is 11.6 Å². The van der Waals surface area contributed by atoms with E-state index in [4.69, 9.17) is 13.7 Å². The summed E-state index contributed by atoms with van der Waals surface area (Å²) in [6.45, 7) is 0.279. The molecule has 3 aromatic rings. The van der Waals surface area contributed by atoms with Crippen LogP contribution < -0.4 is 15.4 Å². The molecular weight excluding hydrogens is 474 g/mol. The third-order valence-electron chi connectivity index (χ3n) is 4.18. The summed E-state index contributed by atoms with van der Waals surface area (Å²) in [5, 5.41) is 20.1. The van der Waals surface area contributed by atoms with Crippen LogP contribution in [-0.4, -0.2) is 43.5 Å². The largest absolute Gasteiger partial charge is 0.467 e. The second kappa shape index (κ2) is 10.6. The Hall–Kier alpha value is -4.24. The summed E-state index contributed by atoms with van der Waals surface area (Å²) >= 11 is 0. The van der Waals surface area contributed by atoms with Gasteiger partial charge in [-0.3, -0.25) is 19.7 Å². The summed E-state index contributed by atoms with van der Waals surface area (Å²) < 4.78 is 41.5. The highest BCUT2D eigenvalue weighted by molar-refractivity contribution is 7.89. The average Bonchev–Trinajstić information content (AvgIpc) is 3.46. The fraction of sp³-hybridized carbons (Fsp3) is 0.211. The number of carbonyl (C=O) groups excluding carboxylic acids is 2. The van der Waals surface area contributed by atoms with Gasteiger partial charge in [-0.15, -0.1) is 0 Å². The quantitative estimate of drug-likeness (QED) is 0.199. The number of anilines is 2.